The molecule has 1 aromatic carbocycles. The highest BCUT2D eigenvalue weighted by atomic mass is 16.3. The Hall–Kier alpha value is -2.20. The van der Waals surface area contributed by atoms with Crippen LogP contribution in [0.25, 0.3) is 0 Å². The molecule has 20 heavy (non-hydrogen) atoms. The first kappa shape index (κ1) is 14.2. The maximum Gasteiger partial charge on any atom is 0.224 e. The van der Waals surface area contributed by atoms with Crippen LogP contribution in [0, 0.1) is 0 Å². The van der Waals surface area contributed by atoms with Gasteiger partial charge in [-0.3, -0.25) is 9.78 Å². The van der Waals surface area contributed by atoms with Crippen LogP contribution in [0.2, 0.25) is 0 Å². The summed E-state index contributed by atoms with van der Waals surface area (Å²) in [5.41, 5.74) is 1.95. The maximum atomic E-state index is 11.9. The Bertz CT molecular complexity index is 529. The molecule has 4 heteroatoms. The van der Waals surface area contributed by atoms with Crippen molar-refractivity contribution in [2.24, 2.45) is 0 Å². The van der Waals surface area contributed by atoms with E-state index in [1.807, 2.05) is 36.4 Å². The number of nitrogens with one attached hydrogen (secondary N) is 1. The van der Waals surface area contributed by atoms with Crippen molar-refractivity contribution in [1.82, 2.24) is 10.3 Å². The molecule has 2 aromatic rings. The molecule has 0 radical (unpaired) electrons. The molecule has 2 N–H and O–H groups in total. The molecule has 0 bridgehead atoms. The molecule has 104 valence electrons. The van der Waals surface area contributed by atoms with Crippen LogP contribution in [-0.4, -0.2) is 28.6 Å². The summed E-state index contributed by atoms with van der Waals surface area (Å²) in [7, 11) is 0. The van der Waals surface area contributed by atoms with E-state index in [0.717, 1.165) is 11.1 Å². The predicted molar refractivity (Wildman–Crippen MR) is 77.1 cm³/mol. The second-order valence-electron chi connectivity index (χ2n) is 4.67. The van der Waals surface area contributed by atoms with Gasteiger partial charge in [0.25, 0.3) is 0 Å². The average Bonchev–Trinajstić information content (AvgIpc) is 2.48. The zero-order chi connectivity index (χ0) is 14.2. The van der Waals surface area contributed by atoms with Gasteiger partial charge in [-0.2, -0.15) is 0 Å². The summed E-state index contributed by atoms with van der Waals surface area (Å²) in [5, 5.41) is 12.2. The van der Waals surface area contributed by atoms with Crippen molar-refractivity contribution < 1.29 is 9.90 Å². The number of amides is 1. The lowest BCUT2D eigenvalue weighted by molar-refractivity contribution is -0.121. The van der Waals surface area contributed by atoms with Crippen LogP contribution in [0.3, 0.4) is 0 Å². The molecule has 0 aliphatic carbocycles. The lowest BCUT2D eigenvalue weighted by Gasteiger charge is -2.16. The smallest absolute Gasteiger partial charge is 0.224 e. The fourth-order valence-electron chi connectivity index (χ4n) is 2.03. The molecule has 0 fully saturated rings. The summed E-state index contributed by atoms with van der Waals surface area (Å²) < 4.78 is 0. The van der Waals surface area contributed by atoms with E-state index in [-0.39, 0.29) is 25.0 Å². The van der Waals surface area contributed by atoms with E-state index >= 15 is 0 Å². The van der Waals surface area contributed by atoms with Crippen molar-refractivity contribution in [3.63, 3.8) is 0 Å². The van der Waals surface area contributed by atoms with Gasteiger partial charge in [0.15, 0.2) is 0 Å². The first-order valence-electron chi connectivity index (χ1n) is 6.61. The van der Waals surface area contributed by atoms with E-state index < -0.39 is 0 Å². The Balaban J connectivity index is 1.88. The molecule has 0 aliphatic rings. The van der Waals surface area contributed by atoms with Crippen LogP contribution < -0.4 is 5.32 Å². The summed E-state index contributed by atoms with van der Waals surface area (Å²) >= 11 is 0. The highest BCUT2D eigenvalue weighted by molar-refractivity contribution is 5.78. The van der Waals surface area contributed by atoms with Gasteiger partial charge in [-0.25, -0.2) is 0 Å². The van der Waals surface area contributed by atoms with E-state index in [1.165, 1.54) is 0 Å². The number of carbonyl (C=O) groups excluding carboxylic acids is 1. The number of aliphatic hydroxyl groups is 1. The highest BCUT2D eigenvalue weighted by Gasteiger charge is 2.12. The van der Waals surface area contributed by atoms with E-state index in [1.54, 1.807) is 18.5 Å². The van der Waals surface area contributed by atoms with Crippen LogP contribution in [0.5, 0.6) is 0 Å². The minimum absolute atomic E-state index is 0.0757. The second kappa shape index (κ2) is 7.40. The molecule has 1 amide bonds. The van der Waals surface area contributed by atoms with Gasteiger partial charge in [0.2, 0.25) is 5.91 Å². The maximum absolute atomic E-state index is 11.9. The van der Waals surface area contributed by atoms with Crippen molar-refractivity contribution >= 4 is 5.91 Å². The zero-order valence-electron chi connectivity index (χ0n) is 11.2. The third-order valence-corrected chi connectivity index (χ3v) is 3.00. The molecule has 4 nitrogen and oxygen atoms in total. The first-order chi connectivity index (χ1) is 9.78. The molecule has 0 unspecified atom stereocenters. The van der Waals surface area contributed by atoms with Gasteiger partial charge in [-0.1, -0.05) is 36.4 Å². The molecule has 0 saturated carbocycles. The molecular formula is C16H18N2O2. The predicted octanol–water partition coefficient (Wildman–Crippen LogP) is 1.34. The number of pyridine rings is 1. The first-order valence-corrected chi connectivity index (χ1v) is 6.61. The van der Waals surface area contributed by atoms with E-state index in [2.05, 4.69) is 10.3 Å². The van der Waals surface area contributed by atoms with E-state index in [4.69, 9.17) is 0 Å². The summed E-state index contributed by atoms with van der Waals surface area (Å²) in [6, 6.07) is 13.2. The van der Waals surface area contributed by atoms with Crippen LogP contribution in [0.4, 0.5) is 0 Å². The normalized spacial score (nSPS) is 11.8. The Morgan fingerprint density at radius 3 is 2.55 bits per heavy atom. The number of benzene rings is 1. The summed E-state index contributed by atoms with van der Waals surface area (Å²) in [6.45, 7) is -0.0757. The van der Waals surface area contributed by atoms with Gasteiger partial charge >= 0.3 is 0 Å². The molecule has 0 spiro atoms. The number of aliphatic hydroxyl groups excluding tert-OH is 1. The quantitative estimate of drug-likeness (QED) is 0.832. The number of hydrogen-bond acceptors (Lipinski definition) is 3. The van der Waals surface area contributed by atoms with Crippen molar-refractivity contribution in [3.05, 3.63) is 66.0 Å². The third-order valence-electron chi connectivity index (χ3n) is 3.00. The lowest BCUT2D eigenvalue weighted by atomic mass is 10.1. The monoisotopic (exact) mass is 270 g/mol. The van der Waals surface area contributed by atoms with E-state index in [0.29, 0.717) is 6.42 Å². The van der Waals surface area contributed by atoms with Gasteiger partial charge in [-0.05, 0) is 23.6 Å². The second-order valence-corrected chi connectivity index (χ2v) is 4.67. The van der Waals surface area contributed by atoms with Gasteiger partial charge in [0.05, 0.1) is 19.1 Å². The van der Waals surface area contributed by atoms with E-state index in [9.17, 15) is 9.90 Å². The standard InChI is InChI=1S/C16H18N2O2/c19-12-15(9-13-5-2-1-3-6-13)18-16(20)10-14-7-4-8-17-11-14/h1-8,11,15,19H,9-10,12H2,(H,18,20)/t15-/m0/s1. The van der Waals surface area contributed by atoms with Crippen LogP contribution in [0.15, 0.2) is 54.9 Å². The summed E-state index contributed by atoms with van der Waals surface area (Å²) in [6.07, 6.45) is 4.24. The van der Waals surface area contributed by atoms with Gasteiger partial charge in [0.1, 0.15) is 0 Å². The number of nitrogens with zero attached hydrogens (tertiary/aromatic N) is 1. The Labute approximate surface area is 118 Å². The summed E-state index contributed by atoms with van der Waals surface area (Å²) in [4.78, 5) is 15.9. The number of rotatable bonds is 6. The number of aromatic nitrogens is 1. The minimum atomic E-state index is -0.262. The zero-order valence-corrected chi connectivity index (χ0v) is 11.2. The molecule has 0 saturated heterocycles. The van der Waals surface area contributed by atoms with Gasteiger partial charge < -0.3 is 10.4 Å². The van der Waals surface area contributed by atoms with Crippen LogP contribution in [-0.2, 0) is 17.6 Å². The molecule has 0 aliphatic heterocycles. The van der Waals surface area contributed by atoms with Crippen LogP contribution >= 0.6 is 0 Å². The summed E-state index contributed by atoms with van der Waals surface area (Å²) in [5.74, 6) is -0.104. The number of carbonyl (C=O) groups is 1. The van der Waals surface area contributed by atoms with Gasteiger partial charge in [0, 0.05) is 12.4 Å². The number of hydrogen-bond donors (Lipinski definition) is 2. The van der Waals surface area contributed by atoms with Crippen LogP contribution in [0.1, 0.15) is 11.1 Å². The molecule has 1 aromatic heterocycles. The molecular weight excluding hydrogens is 252 g/mol. The average molecular weight is 270 g/mol. The van der Waals surface area contributed by atoms with Gasteiger partial charge in [-0.15, -0.1) is 0 Å². The topological polar surface area (TPSA) is 62.2 Å². The Morgan fingerprint density at radius 2 is 1.90 bits per heavy atom. The Kier molecular flexibility index (Phi) is 5.26. The fourth-order valence-corrected chi connectivity index (χ4v) is 2.03. The van der Waals surface area contributed by atoms with Crippen molar-refractivity contribution in [3.8, 4) is 0 Å². The SMILES string of the molecule is O=C(Cc1cccnc1)N[C@H](CO)Cc1ccccc1. The van der Waals surface area contributed by atoms with Crippen molar-refractivity contribution in [1.29, 1.82) is 0 Å². The van der Waals surface area contributed by atoms with Crippen molar-refractivity contribution in [2.75, 3.05) is 6.61 Å². The lowest BCUT2D eigenvalue weighted by Crippen LogP contribution is -2.39. The van der Waals surface area contributed by atoms with Crippen molar-refractivity contribution in [2.45, 2.75) is 18.9 Å². The third kappa shape index (κ3) is 4.48. The highest BCUT2D eigenvalue weighted by Crippen LogP contribution is 2.04. The molecule has 1 heterocycles. The minimum Gasteiger partial charge on any atom is -0.394 e. The Morgan fingerprint density at radius 1 is 1.15 bits per heavy atom. The molecule has 1 atom stereocenters. The largest absolute Gasteiger partial charge is 0.394 e. The molecule has 2 rings (SSSR count). The fraction of sp³-hybridized carbons (Fsp3) is 0.250.